The molecule has 4 heteroatoms. The highest BCUT2D eigenvalue weighted by Crippen LogP contribution is 2.25. The molecule has 1 N–H and O–H groups in total. The maximum Gasteiger partial charge on any atom is 0.272 e. The number of nitrogens with one attached hydrogen (secondary N) is 1. The van der Waals surface area contributed by atoms with E-state index in [1.807, 2.05) is 55.0 Å². The Hall–Kier alpha value is -3.01. The van der Waals surface area contributed by atoms with E-state index in [0.29, 0.717) is 5.52 Å². The fraction of sp³-hybridized carbons (Fsp3) is 0.105. The third-order valence-electron chi connectivity index (χ3n) is 4.18. The van der Waals surface area contributed by atoms with E-state index in [1.165, 1.54) is 0 Å². The summed E-state index contributed by atoms with van der Waals surface area (Å²) in [7, 11) is 4.04. The molecule has 0 saturated carbocycles. The number of aromatic amines is 1. The number of fused-ring (bicyclic) bond motifs is 3. The second-order valence-corrected chi connectivity index (χ2v) is 5.90. The topological polar surface area (TPSA) is 40.5 Å². The van der Waals surface area contributed by atoms with Gasteiger partial charge in [-0.05, 0) is 35.9 Å². The summed E-state index contributed by atoms with van der Waals surface area (Å²) < 4.78 is 1.96. The van der Waals surface area contributed by atoms with Gasteiger partial charge in [-0.1, -0.05) is 24.3 Å². The lowest BCUT2D eigenvalue weighted by Gasteiger charge is -2.12. The van der Waals surface area contributed by atoms with Crippen LogP contribution >= 0.6 is 0 Å². The number of hydrogen-bond acceptors (Lipinski definition) is 2. The van der Waals surface area contributed by atoms with E-state index in [9.17, 15) is 4.79 Å². The highest BCUT2D eigenvalue weighted by atomic mass is 16.1. The molecule has 0 aliphatic rings. The van der Waals surface area contributed by atoms with Gasteiger partial charge >= 0.3 is 0 Å². The number of nitrogens with zero attached hydrogens (tertiary/aromatic N) is 2. The average Bonchev–Trinajstić information content (AvgIpc) is 3.01. The van der Waals surface area contributed by atoms with E-state index in [2.05, 4.69) is 34.1 Å². The summed E-state index contributed by atoms with van der Waals surface area (Å²) in [5.74, 6) is 0. The zero-order valence-corrected chi connectivity index (χ0v) is 13.1. The summed E-state index contributed by atoms with van der Waals surface area (Å²) >= 11 is 0. The standard InChI is InChI=1S/C19H17N3O/c1-21(2)15-9-7-13(8-10-15)14-11-18-19(23)20-16-5-3-4-6-17(16)22(18)12-14/h3-12H,1-2H3,(H,20,23). The Morgan fingerprint density at radius 1 is 0.913 bits per heavy atom. The number of benzene rings is 2. The Bertz CT molecular complexity index is 1060. The number of para-hydroxylation sites is 2. The molecular weight excluding hydrogens is 286 g/mol. The highest BCUT2D eigenvalue weighted by Gasteiger charge is 2.09. The number of hydrogen-bond donors (Lipinski definition) is 1. The second kappa shape index (κ2) is 5.02. The molecule has 0 aliphatic heterocycles. The maximum absolute atomic E-state index is 12.3. The maximum atomic E-state index is 12.3. The summed E-state index contributed by atoms with van der Waals surface area (Å²) in [5, 5.41) is 0. The molecule has 114 valence electrons. The molecule has 0 spiro atoms. The van der Waals surface area contributed by atoms with Crippen LogP contribution in [0.5, 0.6) is 0 Å². The number of H-pyrrole nitrogens is 1. The van der Waals surface area contributed by atoms with E-state index in [0.717, 1.165) is 27.8 Å². The van der Waals surface area contributed by atoms with Crippen LogP contribution in [-0.2, 0) is 0 Å². The van der Waals surface area contributed by atoms with Gasteiger partial charge in [-0.25, -0.2) is 0 Å². The smallest absolute Gasteiger partial charge is 0.272 e. The Labute approximate surface area is 133 Å². The van der Waals surface area contributed by atoms with Crippen molar-refractivity contribution in [2.45, 2.75) is 0 Å². The third-order valence-corrected chi connectivity index (χ3v) is 4.18. The van der Waals surface area contributed by atoms with Crippen molar-refractivity contribution >= 4 is 22.2 Å². The van der Waals surface area contributed by atoms with Gasteiger partial charge in [0.1, 0.15) is 5.52 Å². The van der Waals surface area contributed by atoms with Crippen LogP contribution in [0.25, 0.3) is 27.7 Å². The van der Waals surface area contributed by atoms with Crippen molar-refractivity contribution in [3.63, 3.8) is 0 Å². The van der Waals surface area contributed by atoms with Gasteiger partial charge in [0.25, 0.3) is 5.56 Å². The summed E-state index contributed by atoms with van der Waals surface area (Å²) in [6.07, 6.45) is 2.03. The molecule has 0 unspecified atom stereocenters. The molecule has 0 fully saturated rings. The minimum atomic E-state index is -0.0696. The van der Waals surface area contributed by atoms with E-state index >= 15 is 0 Å². The zero-order chi connectivity index (χ0) is 16.0. The lowest BCUT2D eigenvalue weighted by molar-refractivity contribution is 1.13. The molecule has 0 radical (unpaired) electrons. The summed E-state index contributed by atoms with van der Waals surface area (Å²) in [6, 6.07) is 18.1. The molecule has 4 aromatic rings. The molecule has 2 aromatic carbocycles. The van der Waals surface area contributed by atoms with Crippen molar-refractivity contribution in [3.8, 4) is 11.1 Å². The van der Waals surface area contributed by atoms with Crippen LogP contribution in [-0.4, -0.2) is 23.5 Å². The highest BCUT2D eigenvalue weighted by molar-refractivity contribution is 5.81. The summed E-state index contributed by atoms with van der Waals surface area (Å²) in [6.45, 7) is 0. The molecule has 2 aromatic heterocycles. The molecular formula is C19H17N3O. The second-order valence-electron chi connectivity index (χ2n) is 5.90. The minimum Gasteiger partial charge on any atom is -0.378 e. The van der Waals surface area contributed by atoms with Crippen molar-refractivity contribution < 1.29 is 0 Å². The Morgan fingerprint density at radius 3 is 2.39 bits per heavy atom. The van der Waals surface area contributed by atoms with E-state index in [-0.39, 0.29) is 5.56 Å². The molecule has 23 heavy (non-hydrogen) atoms. The van der Waals surface area contributed by atoms with Crippen molar-refractivity contribution in [2.24, 2.45) is 0 Å². The molecule has 4 nitrogen and oxygen atoms in total. The first kappa shape index (κ1) is 13.6. The van der Waals surface area contributed by atoms with Gasteiger partial charge in [0.2, 0.25) is 0 Å². The predicted octanol–water partition coefficient (Wildman–Crippen LogP) is 3.51. The van der Waals surface area contributed by atoms with Gasteiger partial charge in [0.15, 0.2) is 0 Å². The van der Waals surface area contributed by atoms with Gasteiger partial charge in [-0.2, -0.15) is 0 Å². The normalized spacial score (nSPS) is 11.2. The molecule has 4 rings (SSSR count). The largest absolute Gasteiger partial charge is 0.378 e. The van der Waals surface area contributed by atoms with Crippen molar-refractivity contribution in [2.75, 3.05) is 19.0 Å². The first-order valence-corrected chi connectivity index (χ1v) is 7.54. The monoisotopic (exact) mass is 303 g/mol. The lowest BCUT2D eigenvalue weighted by atomic mass is 10.1. The average molecular weight is 303 g/mol. The number of rotatable bonds is 2. The van der Waals surface area contributed by atoms with E-state index in [4.69, 9.17) is 0 Å². The summed E-state index contributed by atoms with van der Waals surface area (Å²) in [5.41, 5.74) is 5.73. The van der Waals surface area contributed by atoms with Crippen LogP contribution in [0.3, 0.4) is 0 Å². The minimum absolute atomic E-state index is 0.0696. The number of anilines is 1. The van der Waals surface area contributed by atoms with E-state index < -0.39 is 0 Å². The summed E-state index contributed by atoms with van der Waals surface area (Å²) in [4.78, 5) is 17.3. The molecule has 0 saturated heterocycles. The third kappa shape index (κ3) is 2.19. The molecule has 0 atom stereocenters. The predicted molar refractivity (Wildman–Crippen MR) is 95.3 cm³/mol. The fourth-order valence-electron chi connectivity index (χ4n) is 2.92. The van der Waals surface area contributed by atoms with Crippen LogP contribution in [0.15, 0.2) is 65.6 Å². The van der Waals surface area contributed by atoms with Crippen molar-refractivity contribution in [3.05, 3.63) is 71.1 Å². The Balaban J connectivity index is 1.93. The van der Waals surface area contributed by atoms with Gasteiger partial charge in [0.05, 0.1) is 11.0 Å². The van der Waals surface area contributed by atoms with Crippen LogP contribution in [0, 0.1) is 0 Å². The zero-order valence-electron chi connectivity index (χ0n) is 13.1. The van der Waals surface area contributed by atoms with Crippen LogP contribution in [0.1, 0.15) is 0 Å². The first-order chi connectivity index (χ1) is 11.1. The molecule has 0 bridgehead atoms. The first-order valence-electron chi connectivity index (χ1n) is 7.54. The van der Waals surface area contributed by atoms with Gasteiger partial charge in [-0.3, -0.25) is 4.79 Å². The van der Waals surface area contributed by atoms with E-state index in [1.54, 1.807) is 0 Å². The molecule has 0 aliphatic carbocycles. The van der Waals surface area contributed by atoms with Crippen LogP contribution in [0.4, 0.5) is 5.69 Å². The van der Waals surface area contributed by atoms with Crippen LogP contribution < -0.4 is 10.5 Å². The SMILES string of the molecule is CN(C)c1ccc(-c2cc3c(=O)[nH]c4ccccc4n3c2)cc1. The van der Waals surface area contributed by atoms with Gasteiger partial charge in [0, 0.05) is 31.5 Å². The Morgan fingerprint density at radius 2 is 1.65 bits per heavy atom. The lowest BCUT2D eigenvalue weighted by Crippen LogP contribution is -2.09. The molecule has 2 heterocycles. The van der Waals surface area contributed by atoms with Gasteiger partial charge < -0.3 is 14.3 Å². The van der Waals surface area contributed by atoms with Crippen molar-refractivity contribution in [1.29, 1.82) is 0 Å². The fourth-order valence-corrected chi connectivity index (χ4v) is 2.92. The Kier molecular flexibility index (Phi) is 2.98. The number of aromatic nitrogens is 2. The quantitative estimate of drug-likeness (QED) is 0.615. The van der Waals surface area contributed by atoms with Crippen LogP contribution in [0.2, 0.25) is 0 Å². The van der Waals surface area contributed by atoms with Gasteiger partial charge in [-0.15, -0.1) is 0 Å². The molecule has 0 amide bonds. The van der Waals surface area contributed by atoms with Crippen molar-refractivity contribution in [1.82, 2.24) is 9.38 Å².